The molecule has 0 heterocycles. The minimum atomic E-state index is -0.129. The lowest BCUT2D eigenvalue weighted by atomic mass is 9.78. The molecule has 0 amide bonds. The normalized spacial score (nSPS) is 13.2. The van der Waals surface area contributed by atoms with E-state index in [1.165, 1.54) is 120 Å². The molecule has 0 nitrogen and oxygen atoms in total. The lowest BCUT2D eigenvalue weighted by Gasteiger charge is -2.24. The summed E-state index contributed by atoms with van der Waals surface area (Å²) in [6, 6.07) is 72.6. The van der Waals surface area contributed by atoms with Crippen molar-refractivity contribution in [2.75, 3.05) is 0 Å². The highest BCUT2D eigenvalue weighted by Crippen LogP contribution is 2.55. The number of rotatable bonds is 3. The van der Waals surface area contributed by atoms with Gasteiger partial charge in [0.15, 0.2) is 0 Å². The fourth-order valence-electron chi connectivity index (χ4n) is 10.3. The van der Waals surface area contributed by atoms with Gasteiger partial charge in [-0.1, -0.05) is 184 Å². The first kappa shape index (κ1) is 32.2. The Kier molecular flexibility index (Phi) is 6.78. The van der Waals surface area contributed by atoms with Gasteiger partial charge < -0.3 is 0 Å². The molecule has 0 unspecified atom stereocenters. The van der Waals surface area contributed by atoms with E-state index >= 15 is 0 Å². The molecular weight excluding hydrogens is 685 g/mol. The summed E-state index contributed by atoms with van der Waals surface area (Å²) in [7, 11) is 0. The smallest absolute Gasteiger partial charge is 0.0165 e. The van der Waals surface area contributed by atoms with Gasteiger partial charge in [0.1, 0.15) is 0 Å². The van der Waals surface area contributed by atoms with E-state index in [-0.39, 0.29) is 5.41 Å². The molecule has 0 bridgehead atoms. The van der Waals surface area contributed by atoms with Gasteiger partial charge in [-0.25, -0.2) is 0 Å². The Balaban J connectivity index is 1.01. The second kappa shape index (κ2) is 12.0. The number of hydrogen-bond acceptors (Lipinski definition) is 0. The summed E-state index contributed by atoms with van der Waals surface area (Å²) in [4.78, 5) is 0. The molecule has 1 aliphatic rings. The molecule has 11 aromatic rings. The van der Waals surface area contributed by atoms with Crippen LogP contribution < -0.4 is 0 Å². The summed E-state index contributed by atoms with van der Waals surface area (Å²) in [6.45, 7) is 4.82. The van der Waals surface area contributed by atoms with E-state index in [0.29, 0.717) is 0 Å². The maximum absolute atomic E-state index is 2.44. The molecular formula is C57H38. The molecule has 0 spiro atoms. The largest absolute Gasteiger partial charge is 0.0616 e. The van der Waals surface area contributed by atoms with Crippen molar-refractivity contribution >= 4 is 64.6 Å². The molecule has 0 aliphatic heterocycles. The fraction of sp³-hybridized carbons (Fsp3) is 0.0526. The van der Waals surface area contributed by atoms with Crippen LogP contribution >= 0.6 is 0 Å². The molecule has 0 saturated heterocycles. The molecule has 0 saturated carbocycles. The Morgan fingerprint density at radius 2 is 0.737 bits per heavy atom. The van der Waals surface area contributed by atoms with Gasteiger partial charge in [0, 0.05) is 5.41 Å². The maximum atomic E-state index is 2.44. The van der Waals surface area contributed by atoms with Crippen molar-refractivity contribution in [1.82, 2.24) is 0 Å². The summed E-state index contributed by atoms with van der Waals surface area (Å²) in [6.07, 6.45) is 0. The van der Waals surface area contributed by atoms with Crippen molar-refractivity contribution < 1.29 is 0 Å². The Hall–Kier alpha value is -7.02. The van der Waals surface area contributed by atoms with E-state index in [9.17, 15) is 0 Å². The zero-order chi connectivity index (χ0) is 37.8. The van der Waals surface area contributed by atoms with Gasteiger partial charge >= 0.3 is 0 Å². The van der Waals surface area contributed by atoms with Crippen LogP contribution in [-0.2, 0) is 5.41 Å². The number of fused-ring (bicyclic) bond motifs is 12. The number of hydrogen-bond donors (Lipinski definition) is 0. The van der Waals surface area contributed by atoms with Crippen LogP contribution in [0.15, 0.2) is 194 Å². The van der Waals surface area contributed by atoms with Gasteiger partial charge in [-0.15, -0.1) is 0 Å². The van der Waals surface area contributed by atoms with Crippen LogP contribution in [0.5, 0.6) is 0 Å². The van der Waals surface area contributed by atoms with E-state index in [4.69, 9.17) is 0 Å². The van der Waals surface area contributed by atoms with Gasteiger partial charge in [0.05, 0.1) is 0 Å². The van der Waals surface area contributed by atoms with Crippen LogP contribution in [0.3, 0.4) is 0 Å². The molecule has 0 radical (unpaired) electrons. The van der Waals surface area contributed by atoms with Crippen LogP contribution in [0.4, 0.5) is 0 Å². The lowest BCUT2D eigenvalue weighted by Crippen LogP contribution is -2.15. The van der Waals surface area contributed by atoms with Crippen LogP contribution in [0.2, 0.25) is 0 Å². The first-order chi connectivity index (χ1) is 28.0. The third-order valence-electron chi connectivity index (χ3n) is 13.0. The topological polar surface area (TPSA) is 0 Å². The van der Waals surface area contributed by atoms with E-state index in [1.807, 2.05) is 0 Å². The van der Waals surface area contributed by atoms with E-state index in [1.54, 1.807) is 0 Å². The zero-order valence-corrected chi connectivity index (χ0v) is 32.0. The molecule has 0 heteroatoms. The van der Waals surface area contributed by atoms with Crippen molar-refractivity contribution in [3.63, 3.8) is 0 Å². The molecule has 0 atom stereocenters. The van der Waals surface area contributed by atoms with Crippen molar-refractivity contribution in [3.8, 4) is 44.5 Å². The minimum absolute atomic E-state index is 0.129. The van der Waals surface area contributed by atoms with Gasteiger partial charge in [0.2, 0.25) is 0 Å². The fourth-order valence-corrected chi connectivity index (χ4v) is 10.3. The Morgan fingerprint density at radius 1 is 0.281 bits per heavy atom. The monoisotopic (exact) mass is 722 g/mol. The molecule has 0 aromatic heterocycles. The first-order valence-electron chi connectivity index (χ1n) is 20.1. The predicted molar refractivity (Wildman–Crippen MR) is 245 cm³/mol. The molecule has 0 fully saturated rings. The Bertz CT molecular complexity index is 3410. The standard InChI is InChI=1S/C57H38/c1-57(2)52-34-40-16-6-5-15-39(40)33-51(52)55-44-18-8-7-17-43(44)50-32-41(29-30-49(50)56(55)57)36-23-26-37(27-24-36)53-45-19-9-11-21-47(45)54(48-22-12-10-20-46(48)53)42-28-25-35-13-3-4-14-38(35)31-42/h3-34H,1-2H3. The molecule has 11 aromatic carbocycles. The average Bonchev–Trinajstić information content (AvgIpc) is 3.50. The highest BCUT2D eigenvalue weighted by atomic mass is 14.4. The lowest BCUT2D eigenvalue weighted by molar-refractivity contribution is 0.667. The third kappa shape index (κ3) is 4.68. The highest BCUT2D eigenvalue weighted by Gasteiger charge is 2.38. The number of benzene rings is 11. The second-order valence-corrected chi connectivity index (χ2v) is 16.4. The van der Waals surface area contributed by atoms with Crippen LogP contribution in [0.1, 0.15) is 25.0 Å². The third-order valence-corrected chi connectivity index (χ3v) is 13.0. The average molecular weight is 723 g/mol. The van der Waals surface area contributed by atoms with Crippen LogP contribution in [0.25, 0.3) is 109 Å². The summed E-state index contributed by atoms with van der Waals surface area (Å²) < 4.78 is 0. The Morgan fingerprint density at radius 3 is 1.37 bits per heavy atom. The molecule has 0 N–H and O–H groups in total. The molecule has 266 valence electrons. The van der Waals surface area contributed by atoms with Gasteiger partial charge in [-0.05, 0) is 145 Å². The molecule has 1 aliphatic carbocycles. The summed E-state index contributed by atoms with van der Waals surface area (Å²) >= 11 is 0. The quantitative estimate of drug-likeness (QED) is 0.126. The van der Waals surface area contributed by atoms with Crippen LogP contribution in [-0.4, -0.2) is 0 Å². The van der Waals surface area contributed by atoms with Gasteiger partial charge in [-0.3, -0.25) is 0 Å². The van der Waals surface area contributed by atoms with Crippen molar-refractivity contribution in [2.45, 2.75) is 19.3 Å². The first-order valence-corrected chi connectivity index (χ1v) is 20.1. The van der Waals surface area contributed by atoms with Gasteiger partial charge in [-0.2, -0.15) is 0 Å². The minimum Gasteiger partial charge on any atom is -0.0616 e. The highest BCUT2D eigenvalue weighted by molar-refractivity contribution is 6.22. The van der Waals surface area contributed by atoms with Crippen LogP contribution in [0, 0.1) is 0 Å². The van der Waals surface area contributed by atoms with Crippen molar-refractivity contribution in [1.29, 1.82) is 0 Å². The second-order valence-electron chi connectivity index (χ2n) is 16.4. The zero-order valence-electron chi connectivity index (χ0n) is 32.0. The van der Waals surface area contributed by atoms with Crippen molar-refractivity contribution in [2.24, 2.45) is 0 Å². The van der Waals surface area contributed by atoms with Gasteiger partial charge in [0.25, 0.3) is 0 Å². The molecule has 57 heavy (non-hydrogen) atoms. The van der Waals surface area contributed by atoms with E-state index < -0.39 is 0 Å². The van der Waals surface area contributed by atoms with Crippen molar-refractivity contribution in [3.05, 3.63) is 205 Å². The van der Waals surface area contributed by atoms with E-state index in [2.05, 4.69) is 208 Å². The summed E-state index contributed by atoms with van der Waals surface area (Å²) in [5, 5.41) is 15.5. The maximum Gasteiger partial charge on any atom is 0.0165 e. The van der Waals surface area contributed by atoms with E-state index in [0.717, 1.165) is 0 Å². The summed E-state index contributed by atoms with van der Waals surface area (Å²) in [5.74, 6) is 0. The SMILES string of the molecule is CC1(C)c2cc3ccccc3cc2-c2c1c1ccc(-c3ccc(-c4c5ccccc5c(-c5ccc6ccccc6c5)c5ccccc45)cc3)cc1c1ccccc21. The summed E-state index contributed by atoms with van der Waals surface area (Å²) in [5.41, 5.74) is 13.0. The molecule has 12 rings (SSSR count). The Labute approximate surface area is 332 Å². The predicted octanol–water partition coefficient (Wildman–Crippen LogP) is 15.9.